The number of halogens is 1. The Balaban J connectivity index is 0.00000441. The van der Waals surface area contributed by atoms with Crippen molar-refractivity contribution in [1.82, 2.24) is 4.90 Å². The molecular weight excluding hydrogens is 304 g/mol. The Hall–Kier alpha value is -1.30. The van der Waals surface area contributed by atoms with Crippen LogP contribution in [0.1, 0.15) is 38.1 Å². The first kappa shape index (κ1) is 20.7. The number of aliphatic hydroxyl groups excluding tert-OH is 1. The van der Waals surface area contributed by atoms with Gasteiger partial charge in [-0.25, -0.2) is 4.79 Å². The van der Waals surface area contributed by atoms with Crippen LogP contribution in [0.25, 0.3) is 0 Å². The second kappa shape index (κ2) is 8.98. The van der Waals surface area contributed by atoms with Crippen molar-refractivity contribution in [2.24, 2.45) is 5.41 Å². The number of carbonyl (C=O) groups excluding carboxylic acids is 1. The van der Waals surface area contributed by atoms with Crippen LogP contribution in [0.15, 0.2) is 24.3 Å². The number of hydrogen-bond acceptors (Lipinski definition) is 5. The molecule has 1 aromatic rings. The second-order valence-corrected chi connectivity index (χ2v) is 5.83. The van der Waals surface area contributed by atoms with Crippen molar-refractivity contribution in [1.29, 1.82) is 0 Å². The SMILES string of the molecule is CCN(CC)CC(C)(C)C(O)OC(=O)c1ccc(N)cc1.Cl. The zero-order chi connectivity index (χ0) is 16.0. The van der Waals surface area contributed by atoms with E-state index in [1.54, 1.807) is 24.3 Å². The molecule has 3 N–H and O–H groups in total. The largest absolute Gasteiger partial charge is 0.432 e. The van der Waals surface area contributed by atoms with Crippen LogP contribution in [-0.2, 0) is 4.74 Å². The molecule has 1 rings (SSSR count). The normalized spacial score (nSPS) is 12.6. The number of nitrogens with zero attached hydrogens (tertiary/aromatic N) is 1. The summed E-state index contributed by atoms with van der Waals surface area (Å²) in [7, 11) is 0. The molecule has 126 valence electrons. The highest BCUT2D eigenvalue weighted by Gasteiger charge is 2.32. The monoisotopic (exact) mass is 330 g/mol. The number of hydrogen-bond donors (Lipinski definition) is 2. The van der Waals surface area contributed by atoms with Crippen LogP contribution in [-0.4, -0.2) is 41.9 Å². The fraction of sp³-hybridized carbons (Fsp3) is 0.562. The Labute approximate surface area is 138 Å². The predicted molar refractivity (Wildman–Crippen MR) is 91.1 cm³/mol. The lowest BCUT2D eigenvalue weighted by Crippen LogP contribution is -2.43. The van der Waals surface area contributed by atoms with E-state index in [0.717, 1.165) is 13.1 Å². The van der Waals surface area contributed by atoms with Gasteiger partial charge in [0.25, 0.3) is 0 Å². The zero-order valence-electron chi connectivity index (χ0n) is 13.7. The fourth-order valence-electron chi connectivity index (χ4n) is 2.05. The third-order valence-corrected chi connectivity index (χ3v) is 3.56. The molecule has 0 spiro atoms. The van der Waals surface area contributed by atoms with Gasteiger partial charge in [-0.1, -0.05) is 27.7 Å². The minimum atomic E-state index is -1.16. The maximum atomic E-state index is 12.0. The van der Waals surface area contributed by atoms with E-state index in [0.29, 0.717) is 17.8 Å². The minimum Gasteiger partial charge on any atom is -0.432 e. The van der Waals surface area contributed by atoms with Gasteiger partial charge in [0.15, 0.2) is 0 Å². The van der Waals surface area contributed by atoms with E-state index in [4.69, 9.17) is 10.5 Å². The summed E-state index contributed by atoms with van der Waals surface area (Å²) in [5, 5.41) is 10.2. The first-order valence-corrected chi connectivity index (χ1v) is 7.27. The first-order valence-electron chi connectivity index (χ1n) is 7.27. The van der Waals surface area contributed by atoms with Crippen molar-refractivity contribution in [3.05, 3.63) is 29.8 Å². The lowest BCUT2D eigenvalue weighted by molar-refractivity contribution is -0.136. The molecule has 0 saturated carbocycles. The van der Waals surface area contributed by atoms with Crippen LogP contribution in [0.2, 0.25) is 0 Å². The highest BCUT2D eigenvalue weighted by Crippen LogP contribution is 2.24. The Kier molecular flexibility index (Phi) is 8.45. The average molecular weight is 331 g/mol. The van der Waals surface area contributed by atoms with E-state index in [9.17, 15) is 9.90 Å². The van der Waals surface area contributed by atoms with Crippen molar-refractivity contribution < 1.29 is 14.6 Å². The number of anilines is 1. The van der Waals surface area contributed by atoms with Crippen molar-refractivity contribution in [3.63, 3.8) is 0 Å². The predicted octanol–water partition coefficient (Wildman–Crippen LogP) is 2.53. The first-order chi connectivity index (χ1) is 9.80. The van der Waals surface area contributed by atoms with E-state index in [1.807, 2.05) is 13.8 Å². The molecular formula is C16H27ClN2O3. The lowest BCUT2D eigenvalue weighted by Gasteiger charge is -2.34. The molecule has 0 aliphatic carbocycles. The molecule has 6 heteroatoms. The van der Waals surface area contributed by atoms with Gasteiger partial charge in [-0.3, -0.25) is 0 Å². The Bertz CT molecular complexity index is 459. The van der Waals surface area contributed by atoms with Crippen LogP contribution < -0.4 is 5.73 Å². The van der Waals surface area contributed by atoms with E-state index >= 15 is 0 Å². The number of aliphatic hydroxyl groups is 1. The number of ether oxygens (including phenoxy) is 1. The molecule has 1 unspecified atom stereocenters. The summed E-state index contributed by atoms with van der Waals surface area (Å²) in [5.74, 6) is -0.546. The van der Waals surface area contributed by atoms with Crippen molar-refractivity contribution in [3.8, 4) is 0 Å². The fourth-order valence-corrected chi connectivity index (χ4v) is 2.05. The van der Waals surface area contributed by atoms with Gasteiger partial charge in [0.1, 0.15) is 0 Å². The number of esters is 1. The number of benzene rings is 1. The molecule has 0 saturated heterocycles. The molecule has 0 radical (unpaired) electrons. The summed E-state index contributed by atoms with van der Waals surface area (Å²) in [4.78, 5) is 14.2. The number of nitrogens with two attached hydrogens (primary N) is 1. The number of nitrogen functional groups attached to an aromatic ring is 1. The molecule has 0 bridgehead atoms. The highest BCUT2D eigenvalue weighted by molar-refractivity contribution is 5.89. The molecule has 22 heavy (non-hydrogen) atoms. The third kappa shape index (κ3) is 5.83. The van der Waals surface area contributed by atoms with Gasteiger partial charge in [-0.2, -0.15) is 0 Å². The third-order valence-electron chi connectivity index (χ3n) is 3.56. The van der Waals surface area contributed by atoms with Gasteiger partial charge in [-0.15, -0.1) is 12.4 Å². The van der Waals surface area contributed by atoms with Crippen LogP contribution >= 0.6 is 12.4 Å². The van der Waals surface area contributed by atoms with Crippen molar-refractivity contribution >= 4 is 24.1 Å². The Morgan fingerprint density at radius 3 is 2.23 bits per heavy atom. The summed E-state index contributed by atoms with van der Waals surface area (Å²) in [6.45, 7) is 10.3. The quantitative estimate of drug-likeness (QED) is 0.456. The zero-order valence-corrected chi connectivity index (χ0v) is 14.5. The van der Waals surface area contributed by atoms with Gasteiger partial charge < -0.3 is 20.5 Å². The molecule has 0 aliphatic rings. The summed E-state index contributed by atoms with van der Waals surface area (Å²) in [6, 6.07) is 6.43. The minimum absolute atomic E-state index is 0. The Morgan fingerprint density at radius 2 is 1.77 bits per heavy atom. The second-order valence-electron chi connectivity index (χ2n) is 5.83. The topological polar surface area (TPSA) is 75.8 Å². The average Bonchev–Trinajstić information content (AvgIpc) is 2.45. The van der Waals surface area contributed by atoms with Gasteiger partial charge in [-0.05, 0) is 37.4 Å². The van der Waals surface area contributed by atoms with Gasteiger partial charge in [0, 0.05) is 17.6 Å². The summed E-state index contributed by atoms with van der Waals surface area (Å²) < 4.78 is 5.18. The maximum Gasteiger partial charge on any atom is 0.340 e. The van der Waals surface area contributed by atoms with Gasteiger partial charge in [0.2, 0.25) is 6.29 Å². The van der Waals surface area contributed by atoms with E-state index in [2.05, 4.69) is 18.7 Å². The van der Waals surface area contributed by atoms with E-state index in [-0.39, 0.29) is 12.4 Å². The summed E-state index contributed by atoms with van der Waals surface area (Å²) in [6.07, 6.45) is -1.16. The summed E-state index contributed by atoms with van der Waals surface area (Å²) >= 11 is 0. The Morgan fingerprint density at radius 1 is 1.27 bits per heavy atom. The molecule has 0 fully saturated rings. The molecule has 0 heterocycles. The van der Waals surface area contributed by atoms with Gasteiger partial charge in [0.05, 0.1) is 5.56 Å². The van der Waals surface area contributed by atoms with Crippen LogP contribution in [0, 0.1) is 5.41 Å². The molecule has 1 atom stereocenters. The highest BCUT2D eigenvalue weighted by atomic mass is 35.5. The standard InChI is InChI=1S/C16H26N2O3.ClH/c1-5-18(6-2)11-16(3,4)15(20)21-14(19)12-7-9-13(17)10-8-12;/h7-10,15,20H,5-6,11,17H2,1-4H3;1H. The van der Waals surface area contributed by atoms with E-state index < -0.39 is 17.7 Å². The van der Waals surface area contributed by atoms with Crippen LogP contribution in [0.3, 0.4) is 0 Å². The van der Waals surface area contributed by atoms with Crippen LogP contribution in [0.5, 0.6) is 0 Å². The van der Waals surface area contributed by atoms with Gasteiger partial charge >= 0.3 is 5.97 Å². The molecule has 1 aromatic carbocycles. The van der Waals surface area contributed by atoms with E-state index in [1.165, 1.54) is 0 Å². The molecule has 0 aliphatic heterocycles. The molecule has 0 amide bonds. The number of carbonyl (C=O) groups is 1. The lowest BCUT2D eigenvalue weighted by atomic mass is 9.91. The number of rotatable bonds is 7. The van der Waals surface area contributed by atoms with Crippen molar-refractivity contribution in [2.75, 3.05) is 25.4 Å². The van der Waals surface area contributed by atoms with Crippen LogP contribution in [0.4, 0.5) is 5.69 Å². The van der Waals surface area contributed by atoms with Crippen molar-refractivity contribution in [2.45, 2.75) is 34.0 Å². The molecule has 5 nitrogen and oxygen atoms in total. The smallest absolute Gasteiger partial charge is 0.340 e. The maximum absolute atomic E-state index is 12.0. The summed E-state index contributed by atoms with van der Waals surface area (Å²) in [5.41, 5.74) is 5.98. The molecule has 0 aromatic heterocycles.